The Morgan fingerprint density at radius 3 is 2.34 bits per heavy atom. The summed E-state index contributed by atoms with van der Waals surface area (Å²) in [5, 5.41) is 2.95. The van der Waals surface area contributed by atoms with Gasteiger partial charge in [-0.2, -0.15) is 0 Å². The number of rotatable bonds is 7. The van der Waals surface area contributed by atoms with E-state index < -0.39 is 0 Å². The Balaban J connectivity index is 1.78. The molecule has 29 heavy (non-hydrogen) atoms. The zero-order chi connectivity index (χ0) is 21.2. The smallest absolute Gasteiger partial charge is 0.286 e. The van der Waals surface area contributed by atoms with Gasteiger partial charge < -0.3 is 9.73 Å². The number of hydrogen-bond donors (Lipinski definition) is 1. The van der Waals surface area contributed by atoms with Crippen LogP contribution >= 0.6 is 0 Å². The molecule has 158 valence electrons. The Hall–Kier alpha value is -2.03. The average molecular weight is 396 g/mol. The summed E-state index contributed by atoms with van der Waals surface area (Å²) in [5.41, 5.74) is 5.97. The molecular formula is C26H37NO2. The van der Waals surface area contributed by atoms with Crippen molar-refractivity contribution in [2.45, 2.75) is 90.9 Å². The Morgan fingerprint density at radius 2 is 1.69 bits per heavy atom. The lowest BCUT2D eigenvalue weighted by atomic mass is 9.62. The fourth-order valence-electron chi connectivity index (χ4n) is 4.40. The molecule has 1 aliphatic rings. The van der Waals surface area contributed by atoms with Crippen LogP contribution in [0.2, 0.25) is 0 Å². The summed E-state index contributed by atoms with van der Waals surface area (Å²) < 4.78 is 5.89. The third kappa shape index (κ3) is 4.76. The molecule has 0 aliphatic heterocycles. The fraction of sp³-hybridized carbons (Fsp3) is 0.577. The second-order valence-corrected chi connectivity index (χ2v) is 10.00. The summed E-state index contributed by atoms with van der Waals surface area (Å²) in [4.78, 5) is 12.3. The standard InChI is InChI=1S/C26H37NO2/c1-7-8-9-14-27-24(28)23-11-10-20(29-23)16-19-17-22-21(15-18(19)2)25(3,4)12-13-26(22,5)6/h10-11,15,17H,7-9,12-14,16H2,1-6H3,(H,27,28). The number of aryl methyl sites for hydroxylation is 1. The molecule has 0 saturated heterocycles. The van der Waals surface area contributed by atoms with Gasteiger partial charge in [0.05, 0.1) is 0 Å². The Bertz CT molecular complexity index is 873. The van der Waals surface area contributed by atoms with E-state index in [2.05, 4.69) is 59.0 Å². The van der Waals surface area contributed by atoms with E-state index in [1.807, 2.05) is 6.07 Å². The van der Waals surface area contributed by atoms with Crippen LogP contribution < -0.4 is 5.32 Å². The van der Waals surface area contributed by atoms with Gasteiger partial charge in [-0.1, -0.05) is 59.6 Å². The van der Waals surface area contributed by atoms with Crippen molar-refractivity contribution in [1.82, 2.24) is 5.32 Å². The quantitative estimate of drug-likeness (QED) is 0.548. The normalized spacial score (nSPS) is 17.0. The van der Waals surface area contributed by atoms with Crippen LogP contribution in [0.3, 0.4) is 0 Å². The molecule has 0 atom stereocenters. The summed E-state index contributed by atoms with van der Waals surface area (Å²) in [6, 6.07) is 8.51. The molecule has 0 spiro atoms. The molecule has 3 rings (SSSR count). The SMILES string of the molecule is CCCCCNC(=O)c1ccc(Cc2cc3c(cc2C)C(C)(C)CCC3(C)C)o1. The third-order valence-corrected chi connectivity index (χ3v) is 6.63. The zero-order valence-corrected chi connectivity index (χ0v) is 19.1. The minimum absolute atomic E-state index is 0.114. The van der Waals surface area contributed by atoms with Crippen LogP contribution in [0.4, 0.5) is 0 Å². The van der Waals surface area contributed by atoms with Gasteiger partial charge >= 0.3 is 0 Å². The Labute approximate surface area is 176 Å². The second kappa shape index (κ2) is 8.38. The molecule has 0 unspecified atom stereocenters. The highest BCUT2D eigenvalue weighted by atomic mass is 16.3. The summed E-state index contributed by atoms with van der Waals surface area (Å²) in [6.07, 6.45) is 6.44. The number of amides is 1. The van der Waals surface area contributed by atoms with E-state index in [-0.39, 0.29) is 16.7 Å². The fourth-order valence-corrected chi connectivity index (χ4v) is 4.40. The van der Waals surface area contributed by atoms with Gasteiger partial charge in [0.25, 0.3) is 5.91 Å². The van der Waals surface area contributed by atoms with Gasteiger partial charge in [0, 0.05) is 13.0 Å². The zero-order valence-electron chi connectivity index (χ0n) is 19.1. The van der Waals surface area contributed by atoms with Gasteiger partial charge in [-0.05, 0) is 71.4 Å². The lowest BCUT2D eigenvalue weighted by Gasteiger charge is -2.42. The van der Waals surface area contributed by atoms with Crippen LogP contribution in [0.25, 0.3) is 0 Å². The first kappa shape index (κ1) is 21.7. The maximum Gasteiger partial charge on any atom is 0.286 e. The van der Waals surface area contributed by atoms with Crippen molar-refractivity contribution in [3.63, 3.8) is 0 Å². The lowest BCUT2D eigenvalue weighted by molar-refractivity contribution is 0.0923. The number of furan rings is 1. The highest BCUT2D eigenvalue weighted by molar-refractivity contribution is 5.91. The largest absolute Gasteiger partial charge is 0.456 e. The lowest BCUT2D eigenvalue weighted by Crippen LogP contribution is -2.34. The molecule has 1 N–H and O–H groups in total. The van der Waals surface area contributed by atoms with E-state index in [4.69, 9.17) is 4.42 Å². The summed E-state index contributed by atoms with van der Waals surface area (Å²) >= 11 is 0. The highest BCUT2D eigenvalue weighted by Gasteiger charge is 2.37. The van der Waals surface area contributed by atoms with E-state index in [1.54, 1.807) is 6.07 Å². The van der Waals surface area contributed by atoms with Crippen LogP contribution in [0.15, 0.2) is 28.7 Å². The molecule has 0 bridgehead atoms. The number of hydrogen-bond acceptors (Lipinski definition) is 2. The number of benzene rings is 1. The molecule has 3 nitrogen and oxygen atoms in total. The van der Waals surface area contributed by atoms with E-state index in [0.29, 0.717) is 12.3 Å². The Morgan fingerprint density at radius 1 is 1.03 bits per heavy atom. The van der Waals surface area contributed by atoms with E-state index >= 15 is 0 Å². The van der Waals surface area contributed by atoms with Crippen molar-refractivity contribution in [2.75, 3.05) is 6.54 Å². The maximum atomic E-state index is 12.3. The van der Waals surface area contributed by atoms with Gasteiger partial charge in [-0.25, -0.2) is 0 Å². The molecule has 0 radical (unpaired) electrons. The van der Waals surface area contributed by atoms with Crippen molar-refractivity contribution in [1.29, 1.82) is 0 Å². The van der Waals surface area contributed by atoms with Gasteiger partial charge in [0.2, 0.25) is 0 Å². The molecular weight excluding hydrogens is 358 g/mol. The molecule has 1 aliphatic carbocycles. The van der Waals surface area contributed by atoms with Crippen molar-refractivity contribution < 1.29 is 9.21 Å². The summed E-state index contributed by atoms with van der Waals surface area (Å²) in [5.74, 6) is 1.14. The maximum absolute atomic E-state index is 12.3. The van der Waals surface area contributed by atoms with Gasteiger partial charge in [0.15, 0.2) is 5.76 Å². The molecule has 1 heterocycles. The van der Waals surface area contributed by atoms with E-state index in [0.717, 1.165) is 31.4 Å². The van der Waals surface area contributed by atoms with Crippen LogP contribution in [-0.4, -0.2) is 12.5 Å². The van der Waals surface area contributed by atoms with Gasteiger partial charge in [-0.3, -0.25) is 4.79 Å². The van der Waals surface area contributed by atoms with Crippen LogP contribution in [0.5, 0.6) is 0 Å². The first-order valence-corrected chi connectivity index (χ1v) is 11.2. The molecule has 1 amide bonds. The number of fused-ring (bicyclic) bond motifs is 1. The molecule has 0 saturated carbocycles. The third-order valence-electron chi connectivity index (χ3n) is 6.63. The number of unbranched alkanes of at least 4 members (excludes halogenated alkanes) is 2. The Kier molecular flexibility index (Phi) is 6.26. The minimum Gasteiger partial charge on any atom is -0.456 e. The molecule has 3 heteroatoms. The van der Waals surface area contributed by atoms with Crippen LogP contribution in [-0.2, 0) is 17.3 Å². The first-order chi connectivity index (χ1) is 13.6. The van der Waals surface area contributed by atoms with Crippen molar-refractivity contribution in [3.8, 4) is 0 Å². The van der Waals surface area contributed by atoms with Gasteiger partial charge in [0.1, 0.15) is 5.76 Å². The topological polar surface area (TPSA) is 42.2 Å². The summed E-state index contributed by atoms with van der Waals surface area (Å²) in [6.45, 7) is 14.5. The molecule has 2 aromatic rings. The van der Waals surface area contributed by atoms with Crippen molar-refractivity contribution >= 4 is 5.91 Å². The predicted octanol–water partition coefficient (Wildman–Crippen LogP) is 6.45. The van der Waals surface area contributed by atoms with Crippen LogP contribution in [0, 0.1) is 6.92 Å². The number of nitrogens with one attached hydrogen (secondary N) is 1. The van der Waals surface area contributed by atoms with E-state index in [9.17, 15) is 4.79 Å². The number of carbonyl (C=O) groups excluding carboxylic acids is 1. The first-order valence-electron chi connectivity index (χ1n) is 11.2. The highest BCUT2D eigenvalue weighted by Crippen LogP contribution is 2.46. The molecule has 0 fully saturated rings. The van der Waals surface area contributed by atoms with E-state index in [1.165, 1.54) is 35.1 Å². The predicted molar refractivity (Wildman–Crippen MR) is 120 cm³/mol. The van der Waals surface area contributed by atoms with Gasteiger partial charge in [-0.15, -0.1) is 0 Å². The average Bonchev–Trinajstić information content (AvgIpc) is 3.12. The molecule has 1 aromatic carbocycles. The minimum atomic E-state index is -0.114. The monoisotopic (exact) mass is 395 g/mol. The summed E-state index contributed by atoms with van der Waals surface area (Å²) in [7, 11) is 0. The second-order valence-electron chi connectivity index (χ2n) is 10.00. The van der Waals surface area contributed by atoms with Crippen LogP contribution in [0.1, 0.15) is 105 Å². The van der Waals surface area contributed by atoms with Crippen molar-refractivity contribution in [3.05, 3.63) is 58.0 Å². The van der Waals surface area contributed by atoms with Crippen molar-refractivity contribution in [2.24, 2.45) is 0 Å². The number of carbonyl (C=O) groups is 1. The molecule has 1 aromatic heterocycles.